The molecule has 1 aliphatic carbocycles. The Balaban J connectivity index is 1.57. The minimum atomic E-state index is -4.22. The lowest BCUT2D eigenvalue weighted by Crippen LogP contribution is -2.41. The summed E-state index contributed by atoms with van der Waals surface area (Å²) in [5.41, 5.74) is 1.38. The fraction of sp³-hybridized carbons (Fsp3) is 0.333. The van der Waals surface area contributed by atoms with E-state index < -0.39 is 24.0 Å². The van der Waals surface area contributed by atoms with Crippen molar-refractivity contribution in [2.75, 3.05) is 5.32 Å². The number of hydrogen-bond donors (Lipinski definition) is 2. The Morgan fingerprint density at radius 1 is 0.857 bits per heavy atom. The molecule has 4 nitrogen and oxygen atoms in total. The molecule has 1 saturated carbocycles. The topological polar surface area (TPSA) is 58.2 Å². The average molecular weight is 390 g/mol. The van der Waals surface area contributed by atoms with E-state index >= 15 is 0 Å². The first kappa shape index (κ1) is 19.9. The van der Waals surface area contributed by atoms with Crippen LogP contribution in [0.5, 0.6) is 0 Å². The molecular formula is C21H21F3N2O2. The summed E-state index contributed by atoms with van der Waals surface area (Å²) >= 11 is 0. The zero-order valence-electron chi connectivity index (χ0n) is 15.1. The maximum atomic E-state index is 12.9. The number of benzene rings is 2. The first-order valence-corrected chi connectivity index (χ1v) is 9.17. The zero-order chi connectivity index (χ0) is 20.1. The van der Waals surface area contributed by atoms with Crippen LogP contribution in [-0.2, 0) is 0 Å². The van der Waals surface area contributed by atoms with Gasteiger partial charge in [0.2, 0.25) is 0 Å². The summed E-state index contributed by atoms with van der Waals surface area (Å²) in [5, 5.41) is 5.43. The van der Waals surface area contributed by atoms with E-state index in [0.29, 0.717) is 29.7 Å². The number of anilines is 1. The third-order valence-electron chi connectivity index (χ3n) is 4.91. The number of nitrogens with one attached hydrogen (secondary N) is 2. The molecule has 1 aliphatic rings. The van der Waals surface area contributed by atoms with Crippen LogP contribution in [0.25, 0.3) is 0 Å². The summed E-state index contributed by atoms with van der Waals surface area (Å²) in [7, 11) is 0. The molecule has 2 unspecified atom stereocenters. The van der Waals surface area contributed by atoms with Gasteiger partial charge in [-0.05, 0) is 55.7 Å². The summed E-state index contributed by atoms with van der Waals surface area (Å²) in [6, 6.07) is 14.5. The predicted molar refractivity (Wildman–Crippen MR) is 100 cm³/mol. The molecule has 7 heteroatoms. The van der Waals surface area contributed by atoms with Crippen LogP contribution in [0.2, 0.25) is 0 Å². The highest BCUT2D eigenvalue weighted by Gasteiger charge is 2.42. The maximum absolute atomic E-state index is 12.9. The van der Waals surface area contributed by atoms with E-state index in [4.69, 9.17) is 0 Å². The number of carbonyl (C=O) groups excluding carboxylic acids is 2. The molecule has 0 saturated heterocycles. The Morgan fingerprint density at radius 2 is 1.50 bits per heavy atom. The van der Waals surface area contributed by atoms with Crippen LogP contribution in [-0.4, -0.2) is 24.0 Å². The van der Waals surface area contributed by atoms with Gasteiger partial charge in [0.25, 0.3) is 11.8 Å². The minimum Gasteiger partial charge on any atom is -0.349 e. The van der Waals surface area contributed by atoms with Crippen molar-refractivity contribution in [3.8, 4) is 0 Å². The lowest BCUT2D eigenvalue weighted by Gasteiger charge is -2.31. The largest absolute Gasteiger partial charge is 0.391 e. The van der Waals surface area contributed by atoms with Gasteiger partial charge >= 0.3 is 6.18 Å². The molecule has 2 aromatic carbocycles. The summed E-state index contributed by atoms with van der Waals surface area (Å²) in [4.78, 5) is 24.5. The number of alkyl halides is 3. The van der Waals surface area contributed by atoms with Crippen LogP contribution in [0.1, 0.15) is 46.4 Å². The highest BCUT2D eigenvalue weighted by Crippen LogP contribution is 2.37. The third kappa shape index (κ3) is 5.12. The zero-order valence-corrected chi connectivity index (χ0v) is 15.1. The van der Waals surface area contributed by atoms with E-state index in [-0.39, 0.29) is 18.7 Å². The van der Waals surface area contributed by atoms with Crippen molar-refractivity contribution in [2.45, 2.75) is 37.9 Å². The molecule has 0 spiro atoms. The van der Waals surface area contributed by atoms with Crippen molar-refractivity contribution in [3.05, 3.63) is 65.7 Å². The van der Waals surface area contributed by atoms with Crippen LogP contribution in [0.4, 0.5) is 18.9 Å². The monoisotopic (exact) mass is 390 g/mol. The highest BCUT2D eigenvalue weighted by molar-refractivity contribution is 6.04. The Morgan fingerprint density at radius 3 is 2.14 bits per heavy atom. The molecule has 2 aromatic rings. The Labute approximate surface area is 161 Å². The fourth-order valence-corrected chi connectivity index (χ4v) is 3.38. The van der Waals surface area contributed by atoms with Gasteiger partial charge in [-0.1, -0.05) is 24.6 Å². The van der Waals surface area contributed by atoms with Crippen molar-refractivity contribution in [1.82, 2.24) is 5.32 Å². The molecule has 1 fully saturated rings. The normalized spacial score (nSPS) is 19.7. The van der Waals surface area contributed by atoms with E-state index in [0.717, 1.165) is 0 Å². The molecule has 0 aliphatic heterocycles. The second-order valence-corrected chi connectivity index (χ2v) is 6.97. The van der Waals surface area contributed by atoms with E-state index in [1.165, 1.54) is 0 Å². The van der Waals surface area contributed by atoms with Crippen molar-refractivity contribution >= 4 is 17.5 Å². The number of rotatable bonds is 4. The van der Waals surface area contributed by atoms with Gasteiger partial charge in [0, 0.05) is 22.9 Å². The van der Waals surface area contributed by atoms with Crippen molar-refractivity contribution in [3.63, 3.8) is 0 Å². The molecule has 2 atom stereocenters. The van der Waals surface area contributed by atoms with Crippen molar-refractivity contribution in [1.29, 1.82) is 0 Å². The van der Waals surface area contributed by atoms with E-state index in [1.807, 2.05) is 6.07 Å². The molecule has 0 radical (unpaired) electrons. The molecule has 0 aromatic heterocycles. The van der Waals surface area contributed by atoms with E-state index in [2.05, 4.69) is 10.6 Å². The van der Waals surface area contributed by atoms with Crippen LogP contribution in [0, 0.1) is 5.92 Å². The molecule has 28 heavy (non-hydrogen) atoms. The summed E-state index contributed by atoms with van der Waals surface area (Å²) < 4.78 is 38.7. The molecule has 148 valence electrons. The number of carbonyl (C=O) groups is 2. The van der Waals surface area contributed by atoms with Gasteiger partial charge in [-0.2, -0.15) is 13.2 Å². The number of amides is 2. The standard InChI is InChI=1S/C21H21F3N2O2/c22-21(23,24)16-7-4-8-18(13-16)26-20(28)15-9-11-17(12-10-15)25-19(27)14-5-2-1-3-6-14/h1-3,5-6,9-12,16,18H,4,7-8,13H2,(H,25,27)(H,26,28). The van der Waals surface area contributed by atoms with Gasteiger partial charge in [-0.3, -0.25) is 9.59 Å². The predicted octanol–water partition coefficient (Wildman–Crippen LogP) is 4.79. The first-order chi connectivity index (χ1) is 13.3. The van der Waals surface area contributed by atoms with Gasteiger partial charge in [-0.25, -0.2) is 0 Å². The van der Waals surface area contributed by atoms with Crippen LogP contribution in [0.3, 0.4) is 0 Å². The van der Waals surface area contributed by atoms with Crippen molar-refractivity contribution in [2.24, 2.45) is 5.92 Å². The maximum Gasteiger partial charge on any atom is 0.391 e. The molecule has 3 rings (SSSR count). The molecule has 2 N–H and O–H groups in total. The third-order valence-corrected chi connectivity index (χ3v) is 4.91. The molecule has 2 amide bonds. The molecular weight excluding hydrogens is 369 g/mol. The van der Waals surface area contributed by atoms with Crippen LogP contribution >= 0.6 is 0 Å². The second-order valence-electron chi connectivity index (χ2n) is 6.97. The second kappa shape index (κ2) is 8.46. The average Bonchev–Trinajstić information content (AvgIpc) is 2.69. The van der Waals surface area contributed by atoms with Crippen LogP contribution < -0.4 is 10.6 Å². The Bertz CT molecular complexity index is 820. The first-order valence-electron chi connectivity index (χ1n) is 9.17. The van der Waals surface area contributed by atoms with Gasteiger partial charge in [0.05, 0.1) is 5.92 Å². The number of hydrogen-bond acceptors (Lipinski definition) is 2. The Kier molecular flexibility index (Phi) is 6.02. The SMILES string of the molecule is O=C(Nc1ccc(C(=O)NC2CCCC(C(F)(F)F)C2)cc1)c1ccccc1. The molecule has 0 heterocycles. The van der Waals surface area contributed by atoms with Crippen LogP contribution in [0.15, 0.2) is 54.6 Å². The Hall–Kier alpha value is -2.83. The quantitative estimate of drug-likeness (QED) is 0.789. The van der Waals surface area contributed by atoms with Crippen molar-refractivity contribution < 1.29 is 22.8 Å². The molecule has 0 bridgehead atoms. The number of halogens is 3. The highest BCUT2D eigenvalue weighted by atomic mass is 19.4. The summed E-state index contributed by atoms with van der Waals surface area (Å²) in [6.45, 7) is 0. The van der Waals surface area contributed by atoms with Gasteiger partial charge in [0.15, 0.2) is 0 Å². The summed E-state index contributed by atoms with van der Waals surface area (Å²) in [6.07, 6.45) is -3.20. The van der Waals surface area contributed by atoms with Gasteiger partial charge in [0.1, 0.15) is 0 Å². The minimum absolute atomic E-state index is 0.0829. The van der Waals surface area contributed by atoms with Gasteiger partial charge < -0.3 is 10.6 Å². The fourth-order valence-electron chi connectivity index (χ4n) is 3.38. The lowest BCUT2D eigenvalue weighted by atomic mass is 9.85. The van der Waals surface area contributed by atoms with E-state index in [9.17, 15) is 22.8 Å². The summed E-state index contributed by atoms with van der Waals surface area (Å²) in [5.74, 6) is -2.03. The van der Waals surface area contributed by atoms with Gasteiger partial charge in [-0.15, -0.1) is 0 Å². The van der Waals surface area contributed by atoms with E-state index in [1.54, 1.807) is 48.5 Å². The smallest absolute Gasteiger partial charge is 0.349 e. The lowest BCUT2D eigenvalue weighted by molar-refractivity contribution is -0.183.